The van der Waals surface area contributed by atoms with Crippen molar-refractivity contribution in [1.29, 1.82) is 0 Å². The number of anilines is 2. The summed E-state index contributed by atoms with van der Waals surface area (Å²) < 4.78 is 11.4. The average molecular weight is 563 g/mol. The number of benzene rings is 4. The van der Waals surface area contributed by atoms with Crippen molar-refractivity contribution in [3.63, 3.8) is 0 Å². The number of carbonyl (C=O) groups excluding carboxylic acids is 2. The second kappa shape index (κ2) is 12.7. The second-order valence-electron chi connectivity index (χ2n) is 10.6. The first kappa shape index (κ1) is 27.2. The summed E-state index contributed by atoms with van der Waals surface area (Å²) in [4.78, 5) is 29.1. The van der Waals surface area contributed by atoms with Crippen LogP contribution in [-0.4, -0.2) is 47.4 Å². The fourth-order valence-electron chi connectivity index (χ4n) is 5.60. The van der Waals surface area contributed by atoms with Crippen molar-refractivity contribution in [3.8, 4) is 0 Å². The van der Waals surface area contributed by atoms with Gasteiger partial charge in [-0.25, -0.2) is 19.6 Å². The zero-order valence-corrected chi connectivity index (χ0v) is 23.3. The van der Waals surface area contributed by atoms with Gasteiger partial charge in [0.15, 0.2) is 0 Å². The minimum Gasteiger partial charge on any atom is -0.443 e. The number of rotatable bonds is 8. The van der Waals surface area contributed by atoms with Crippen molar-refractivity contribution in [2.45, 2.75) is 38.3 Å². The Morgan fingerprint density at radius 1 is 0.619 bits per heavy atom. The van der Waals surface area contributed by atoms with Crippen LogP contribution in [0.15, 0.2) is 115 Å². The molecular weight excluding hydrogens is 528 g/mol. The molecule has 2 amide bonds. The van der Waals surface area contributed by atoms with E-state index in [0.29, 0.717) is 19.5 Å². The van der Waals surface area contributed by atoms with Gasteiger partial charge >= 0.3 is 12.2 Å². The van der Waals surface area contributed by atoms with Crippen LogP contribution in [0.4, 0.5) is 21.0 Å². The van der Waals surface area contributed by atoms with Crippen molar-refractivity contribution in [2.75, 3.05) is 23.3 Å². The van der Waals surface area contributed by atoms with Gasteiger partial charge in [-0.05, 0) is 47.4 Å². The number of piperidine rings is 1. The number of nitrogens with one attached hydrogen (secondary N) is 1. The molecule has 42 heavy (non-hydrogen) atoms. The monoisotopic (exact) mass is 562 g/mol. The number of ether oxygens (including phenoxy) is 2. The van der Waals surface area contributed by atoms with Gasteiger partial charge in [0.2, 0.25) is 0 Å². The highest BCUT2D eigenvalue weighted by Gasteiger charge is 2.50. The van der Waals surface area contributed by atoms with Gasteiger partial charge in [-0.15, -0.1) is 0 Å². The Hall–Kier alpha value is -4.98. The number of fused-ring (bicyclic) bond motifs is 2. The number of nitrogens with zero attached hydrogens (tertiary/aromatic N) is 3. The Labute approximate surface area is 246 Å². The van der Waals surface area contributed by atoms with Crippen molar-refractivity contribution in [2.24, 2.45) is 0 Å². The summed E-state index contributed by atoms with van der Waals surface area (Å²) >= 11 is 0. The molecule has 0 aromatic heterocycles. The van der Waals surface area contributed by atoms with E-state index in [4.69, 9.17) is 9.47 Å². The average Bonchev–Trinajstić information content (AvgIpc) is 3.32. The summed E-state index contributed by atoms with van der Waals surface area (Å²) in [6.45, 7) is 2.16. The van der Waals surface area contributed by atoms with Crippen LogP contribution in [0.25, 0.3) is 0 Å². The molecule has 0 spiro atoms. The van der Waals surface area contributed by atoms with Crippen molar-refractivity contribution in [3.05, 3.63) is 132 Å². The second-order valence-corrected chi connectivity index (χ2v) is 10.6. The van der Waals surface area contributed by atoms with Crippen LogP contribution in [0.5, 0.6) is 0 Å². The van der Waals surface area contributed by atoms with Gasteiger partial charge in [-0.1, -0.05) is 91.0 Å². The molecule has 0 radical (unpaired) electrons. The minimum atomic E-state index is -0.551. The van der Waals surface area contributed by atoms with Crippen LogP contribution in [0.1, 0.15) is 23.1 Å². The molecule has 2 aliphatic rings. The molecule has 0 saturated carbocycles. The van der Waals surface area contributed by atoms with E-state index in [-0.39, 0.29) is 25.3 Å². The molecule has 4 aromatic carbocycles. The molecule has 2 fully saturated rings. The predicted molar refractivity (Wildman–Crippen MR) is 162 cm³/mol. The van der Waals surface area contributed by atoms with Gasteiger partial charge in [0, 0.05) is 31.0 Å². The highest BCUT2D eigenvalue weighted by Crippen LogP contribution is 2.35. The van der Waals surface area contributed by atoms with E-state index in [2.05, 4.69) is 46.6 Å². The molecule has 2 atom stereocenters. The number of amides is 2. The first-order valence-electron chi connectivity index (χ1n) is 14.3. The standard InChI is InChI=1S/C34H34N4O4/c39-33(41-24-27-12-6-2-7-13-27)37-31-20-32(38(37)34(40)42-25-28-14-8-3-9-15-28)23-36(22-31)30-18-16-29(17-19-30)35-21-26-10-4-1-5-11-26/h1-19,31-32,35H,20-25H2. The number of hydrogen-bond acceptors (Lipinski definition) is 6. The fraction of sp³-hybridized carbons (Fsp3) is 0.235. The summed E-state index contributed by atoms with van der Waals surface area (Å²) in [6.07, 6.45) is -0.440. The molecule has 2 aliphatic heterocycles. The molecule has 0 aliphatic carbocycles. The van der Waals surface area contributed by atoms with Gasteiger partial charge in [-0.3, -0.25) is 0 Å². The fourth-order valence-corrected chi connectivity index (χ4v) is 5.60. The molecule has 2 heterocycles. The molecule has 6 rings (SSSR count). The van der Waals surface area contributed by atoms with Crippen LogP contribution in [0, 0.1) is 0 Å². The van der Waals surface area contributed by atoms with Crippen molar-refractivity contribution in [1.82, 2.24) is 10.0 Å². The van der Waals surface area contributed by atoms with Crippen LogP contribution in [0.3, 0.4) is 0 Å². The zero-order chi connectivity index (χ0) is 28.7. The number of carbonyl (C=O) groups is 2. The SMILES string of the molecule is O=C(OCc1ccccc1)N1C2CC(CN(c3ccc(NCc4ccccc4)cc3)C2)N1C(=O)OCc1ccccc1. The van der Waals surface area contributed by atoms with Crippen molar-refractivity contribution >= 4 is 23.6 Å². The van der Waals surface area contributed by atoms with E-state index in [9.17, 15) is 9.59 Å². The first-order chi connectivity index (χ1) is 20.6. The summed E-state index contributed by atoms with van der Waals surface area (Å²) in [6, 6.07) is 37.2. The minimum absolute atomic E-state index is 0.127. The van der Waals surface area contributed by atoms with Crippen LogP contribution in [-0.2, 0) is 29.2 Å². The highest BCUT2D eigenvalue weighted by molar-refractivity contribution is 5.76. The number of hydrazine groups is 1. The topological polar surface area (TPSA) is 74.4 Å². The van der Waals surface area contributed by atoms with E-state index in [1.165, 1.54) is 15.6 Å². The van der Waals surface area contributed by atoms with E-state index in [0.717, 1.165) is 29.0 Å². The molecule has 1 N–H and O–H groups in total. The third-order valence-electron chi connectivity index (χ3n) is 7.69. The molecule has 2 unspecified atom stereocenters. The molecule has 8 nitrogen and oxygen atoms in total. The molecule has 214 valence electrons. The molecular formula is C34H34N4O4. The lowest BCUT2D eigenvalue weighted by Gasteiger charge is -2.32. The lowest BCUT2D eigenvalue weighted by atomic mass is 10.0. The summed E-state index contributed by atoms with van der Waals surface area (Å²) in [5.74, 6) is 0. The van der Waals surface area contributed by atoms with Gasteiger partial charge in [0.05, 0.1) is 12.1 Å². The highest BCUT2D eigenvalue weighted by atomic mass is 16.6. The largest absolute Gasteiger partial charge is 0.443 e. The first-order valence-corrected chi connectivity index (χ1v) is 14.3. The lowest BCUT2D eigenvalue weighted by Crippen LogP contribution is -2.50. The quantitative estimate of drug-likeness (QED) is 0.266. The van der Waals surface area contributed by atoms with Gasteiger partial charge in [-0.2, -0.15) is 0 Å². The maximum atomic E-state index is 13.5. The zero-order valence-electron chi connectivity index (χ0n) is 23.3. The molecule has 2 saturated heterocycles. The van der Waals surface area contributed by atoms with E-state index in [1.807, 2.05) is 78.9 Å². The van der Waals surface area contributed by atoms with Crippen LogP contribution < -0.4 is 10.2 Å². The smallest absolute Gasteiger partial charge is 0.429 e. The molecule has 2 bridgehead atoms. The number of hydrogen-bond donors (Lipinski definition) is 1. The van der Waals surface area contributed by atoms with E-state index >= 15 is 0 Å². The van der Waals surface area contributed by atoms with Gasteiger partial charge < -0.3 is 19.7 Å². The Bertz CT molecular complexity index is 1400. The van der Waals surface area contributed by atoms with Crippen LogP contribution >= 0.6 is 0 Å². The Morgan fingerprint density at radius 2 is 1.07 bits per heavy atom. The van der Waals surface area contributed by atoms with Gasteiger partial charge in [0.25, 0.3) is 0 Å². The Kier molecular flexibility index (Phi) is 8.21. The Morgan fingerprint density at radius 3 is 1.55 bits per heavy atom. The Balaban J connectivity index is 1.16. The maximum absolute atomic E-state index is 13.5. The summed E-state index contributed by atoms with van der Waals surface area (Å²) in [5, 5.41) is 6.40. The van der Waals surface area contributed by atoms with Crippen molar-refractivity contribution < 1.29 is 19.1 Å². The van der Waals surface area contributed by atoms with E-state index in [1.54, 1.807) is 0 Å². The normalized spacial score (nSPS) is 17.6. The summed E-state index contributed by atoms with van der Waals surface area (Å²) in [7, 11) is 0. The predicted octanol–water partition coefficient (Wildman–Crippen LogP) is 6.45. The van der Waals surface area contributed by atoms with Gasteiger partial charge in [0.1, 0.15) is 13.2 Å². The lowest BCUT2D eigenvalue weighted by molar-refractivity contribution is -0.0199. The summed E-state index contributed by atoms with van der Waals surface area (Å²) in [5.41, 5.74) is 5.04. The third-order valence-corrected chi connectivity index (χ3v) is 7.69. The molecule has 8 heteroatoms. The molecule has 4 aromatic rings. The van der Waals surface area contributed by atoms with E-state index < -0.39 is 12.2 Å². The van der Waals surface area contributed by atoms with Crippen LogP contribution in [0.2, 0.25) is 0 Å². The maximum Gasteiger partial charge on any atom is 0.429 e. The third kappa shape index (κ3) is 6.33.